The van der Waals surface area contributed by atoms with Crippen molar-refractivity contribution in [2.75, 3.05) is 0 Å². The molecule has 0 saturated heterocycles. The van der Waals surface area contributed by atoms with Crippen LogP contribution in [0.25, 0.3) is 0 Å². The molecule has 0 radical (unpaired) electrons. The Morgan fingerprint density at radius 3 is 2.86 bits per heavy atom. The summed E-state index contributed by atoms with van der Waals surface area (Å²) in [4.78, 5) is 0. The summed E-state index contributed by atoms with van der Waals surface area (Å²) in [5, 5.41) is 13.6. The number of hydrogen-bond donors (Lipinski definition) is 2. The van der Waals surface area contributed by atoms with Crippen molar-refractivity contribution in [2.24, 2.45) is 0 Å². The smallest absolute Gasteiger partial charge is 0.120 e. The molecule has 2 nitrogen and oxygen atoms in total. The van der Waals surface area contributed by atoms with E-state index < -0.39 is 0 Å². The lowest BCUT2D eigenvalue weighted by Gasteiger charge is -2.12. The van der Waals surface area contributed by atoms with Crippen molar-refractivity contribution in [3.05, 3.63) is 28.8 Å². The molecule has 0 heterocycles. The van der Waals surface area contributed by atoms with Crippen LogP contribution in [-0.2, 0) is 6.54 Å². The van der Waals surface area contributed by atoms with E-state index in [1.165, 1.54) is 12.8 Å². The topological polar surface area (TPSA) is 32.3 Å². The van der Waals surface area contributed by atoms with Gasteiger partial charge in [0.25, 0.3) is 0 Å². The molecule has 14 heavy (non-hydrogen) atoms. The first kappa shape index (κ1) is 9.81. The molecule has 0 spiro atoms. The third-order valence-electron chi connectivity index (χ3n) is 2.75. The maximum Gasteiger partial charge on any atom is 0.120 e. The Hall–Kier alpha value is -0.730. The molecule has 76 valence electrons. The fraction of sp³-hybridized carbons (Fsp3) is 0.455. The molecule has 0 aromatic heterocycles. The number of aromatic hydroxyl groups is 1. The van der Waals surface area contributed by atoms with Crippen LogP contribution in [0, 0.1) is 0 Å². The van der Waals surface area contributed by atoms with Gasteiger partial charge in [0.15, 0.2) is 0 Å². The summed E-state index contributed by atoms with van der Waals surface area (Å²) in [5.41, 5.74) is 1.15. The third-order valence-corrected chi connectivity index (χ3v) is 2.98. The average Bonchev–Trinajstić information content (AvgIpc) is 2.87. The molecule has 0 aliphatic heterocycles. The van der Waals surface area contributed by atoms with E-state index in [1.54, 1.807) is 18.2 Å². The molecule has 0 unspecified atom stereocenters. The van der Waals surface area contributed by atoms with Gasteiger partial charge >= 0.3 is 0 Å². The molecular formula is C11H14ClNO. The molecule has 1 saturated carbocycles. The molecule has 2 rings (SSSR count). The normalized spacial score (nSPS) is 18.1. The zero-order chi connectivity index (χ0) is 10.2. The first-order chi connectivity index (χ1) is 6.59. The third kappa shape index (κ3) is 2.20. The first-order valence-electron chi connectivity index (χ1n) is 4.81. The van der Waals surface area contributed by atoms with E-state index in [9.17, 15) is 5.11 Å². The van der Waals surface area contributed by atoms with Gasteiger partial charge in [0.05, 0.1) is 0 Å². The number of halogens is 1. The van der Waals surface area contributed by atoms with E-state index in [2.05, 4.69) is 12.2 Å². The highest BCUT2D eigenvalue weighted by atomic mass is 35.5. The summed E-state index contributed by atoms with van der Waals surface area (Å²) in [6.45, 7) is 2.87. The first-order valence-corrected chi connectivity index (χ1v) is 5.19. The van der Waals surface area contributed by atoms with E-state index in [0.29, 0.717) is 17.3 Å². The molecular weight excluding hydrogens is 198 g/mol. The number of rotatable bonds is 3. The highest BCUT2D eigenvalue weighted by Gasteiger charge is 2.36. The van der Waals surface area contributed by atoms with Crippen LogP contribution < -0.4 is 5.32 Å². The Bertz CT molecular complexity index is 347. The van der Waals surface area contributed by atoms with Gasteiger partial charge in [-0.05, 0) is 38.0 Å². The summed E-state index contributed by atoms with van der Waals surface area (Å²) >= 11 is 5.84. The Labute approximate surface area is 88.9 Å². The Morgan fingerprint density at radius 1 is 1.50 bits per heavy atom. The monoisotopic (exact) mass is 211 g/mol. The minimum Gasteiger partial charge on any atom is -0.508 e. The summed E-state index contributed by atoms with van der Waals surface area (Å²) in [5.74, 6) is 0.311. The van der Waals surface area contributed by atoms with Crippen molar-refractivity contribution >= 4 is 11.6 Å². The molecule has 1 aromatic rings. The number of phenolic OH excluding ortho intramolecular Hbond substituents is 1. The second-order valence-electron chi connectivity index (χ2n) is 4.19. The lowest BCUT2D eigenvalue weighted by atomic mass is 10.2. The largest absolute Gasteiger partial charge is 0.508 e. The van der Waals surface area contributed by atoms with Crippen LogP contribution in [0.1, 0.15) is 25.3 Å². The second kappa shape index (κ2) is 3.44. The standard InChI is InChI=1S/C11H14ClNO/c1-11(4-5-11)13-7-8-6-9(12)2-3-10(8)14/h2-3,6,13-14H,4-5,7H2,1H3. The van der Waals surface area contributed by atoms with Crippen LogP contribution in [-0.4, -0.2) is 10.6 Å². The van der Waals surface area contributed by atoms with E-state index in [1.807, 2.05) is 0 Å². The fourth-order valence-electron chi connectivity index (χ4n) is 1.37. The van der Waals surface area contributed by atoms with Gasteiger partial charge in [0, 0.05) is 22.7 Å². The van der Waals surface area contributed by atoms with Crippen molar-refractivity contribution in [3.8, 4) is 5.75 Å². The van der Waals surface area contributed by atoms with Crippen molar-refractivity contribution in [3.63, 3.8) is 0 Å². The lowest BCUT2D eigenvalue weighted by Crippen LogP contribution is -2.26. The second-order valence-corrected chi connectivity index (χ2v) is 4.62. The van der Waals surface area contributed by atoms with E-state index >= 15 is 0 Å². The van der Waals surface area contributed by atoms with E-state index in [0.717, 1.165) is 5.56 Å². The zero-order valence-electron chi connectivity index (χ0n) is 8.18. The van der Waals surface area contributed by atoms with E-state index in [-0.39, 0.29) is 5.54 Å². The number of hydrogen-bond acceptors (Lipinski definition) is 2. The fourth-order valence-corrected chi connectivity index (χ4v) is 1.56. The van der Waals surface area contributed by atoms with Crippen LogP contribution in [0.3, 0.4) is 0 Å². The highest BCUT2D eigenvalue weighted by molar-refractivity contribution is 6.30. The molecule has 1 fully saturated rings. The van der Waals surface area contributed by atoms with Crippen molar-refractivity contribution in [2.45, 2.75) is 31.8 Å². The van der Waals surface area contributed by atoms with Gasteiger partial charge in [-0.2, -0.15) is 0 Å². The van der Waals surface area contributed by atoms with Crippen LogP contribution in [0.15, 0.2) is 18.2 Å². The minimum absolute atomic E-state index is 0.286. The quantitative estimate of drug-likeness (QED) is 0.806. The number of nitrogens with one attached hydrogen (secondary N) is 1. The molecule has 1 aliphatic rings. The Morgan fingerprint density at radius 2 is 2.21 bits per heavy atom. The summed E-state index contributed by atoms with van der Waals surface area (Å²) in [7, 11) is 0. The molecule has 0 bridgehead atoms. The van der Waals surface area contributed by atoms with Gasteiger partial charge in [-0.1, -0.05) is 11.6 Å². The van der Waals surface area contributed by atoms with Gasteiger partial charge < -0.3 is 10.4 Å². The number of benzene rings is 1. The summed E-state index contributed by atoms with van der Waals surface area (Å²) in [6, 6.07) is 5.13. The minimum atomic E-state index is 0.286. The van der Waals surface area contributed by atoms with Gasteiger partial charge in [-0.25, -0.2) is 0 Å². The molecule has 0 atom stereocenters. The molecule has 1 aliphatic carbocycles. The molecule has 0 amide bonds. The van der Waals surface area contributed by atoms with Gasteiger partial charge in [0.2, 0.25) is 0 Å². The maximum atomic E-state index is 9.55. The molecule has 1 aromatic carbocycles. The SMILES string of the molecule is CC1(NCc2cc(Cl)ccc2O)CC1. The van der Waals surface area contributed by atoms with Crippen molar-refractivity contribution in [1.29, 1.82) is 0 Å². The van der Waals surface area contributed by atoms with Gasteiger partial charge in [0.1, 0.15) is 5.75 Å². The van der Waals surface area contributed by atoms with Crippen LogP contribution in [0.4, 0.5) is 0 Å². The predicted octanol–water partition coefficient (Wildman–Crippen LogP) is 2.69. The van der Waals surface area contributed by atoms with Crippen molar-refractivity contribution in [1.82, 2.24) is 5.32 Å². The van der Waals surface area contributed by atoms with Gasteiger partial charge in [-0.3, -0.25) is 0 Å². The highest BCUT2D eigenvalue weighted by Crippen LogP contribution is 2.35. The van der Waals surface area contributed by atoms with Crippen LogP contribution >= 0.6 is 11.6 Å². The summed E-state index contributed by atoms with van der Waals surface area (Å²) < 4.78 is 0. The maximum absolute atomic E-state index is 9.55. The predicted molar refractivity (Wildman–Crippen MR) is 57.6 cm³/mol. The van der Waals surface area contributed by atoms with Crippen molar-refractivity contribution < 1.29 is 5.11 Å². The lowest BCUT2D eigenvalue weighted by molar-refractivity contribution is 0.457. The number of phenols is 1. The zero-order valence-corrected chi connectivity index (χ0v) is 8.93. The Kier molecular flexibility index (Phi) is 2.41. The van der Waals surface area contributed by atoms with E-state index in [4.69, 9.17) is 11.6 Å². The Balaban J connectivity index is 2.04. The molecule has 2 N–H and O–H groups in total. The average molecular weight is 212 g/mol. The summed E-state index contributed by atoms with van der Waals surface area (Å²) in [6.07, 6.45) is 2.43. The molecule has 3 heteroatoms. The van der Waals surface area contributed by atoms with Crippen LogP contribution in [0.5, 0.6) is 5.75 Å². The van der Waals surface area contributed by atoms with Gasteiger partial charge in [-0.15, -0.1) is 0 Å². The van der Waals surface area contributed by atoms with Crippen LogP contribution in [0.2, 0.25) is 5.02 Å².